The number of hydrogen-bond acceptors (Lipinski definition) is 4. The SMILES string of the molecule is CC1Cc2[nH]nc(-c3cscn3)c2CN1C(=O)c1cc2cccc(C(F)(F)F)n2c1. The lowest BCUT2D eigenvalue weighted by Gasteiger charge is -2.33. The summed E-state index contributed by atoms with van der Waals surface area (Å²) < 4.78 is 41.0. The summed E-state index contributed by atoms with van der Waals surface area (Å²) in [5.41, 5.74) is 4.75. The Bertz CT molecular complexity index is 1240. The van der Waals surface area contributed by atoms with Gasteiger partial charge in [-0.2, -0.15) is 18.3 Å². The van der Waals surface area contributed by atoms with Gasteiger partial charge in [0.15, 0.2) is 0 Å². The second-order valence-electron chi connectivity index (χ2n) is 7.32. The molecule has 1 atom stereocenters. The monoisotopic (exact) mass is 431 g/mol. The fraction of sp³-hybridized carbons (Fsp3) is 0.250. The molecule has 0 aliphatic carbocycles. The summed E-state index contributed by atoms with van der Waals surface area (Å²) in [4.78, 5) is 19.2. The molecule has 1 unspecified atom stereocenters. The summed E-state index contributed by atoms with van der Waals surface area (Å²) in [5.74, 6) is -0.310. The molecular formula is C20H16F3N5OS. The van der Waals surface area contributed by atoms with Crippen LogP contribution in [0.2, 0.25) is 0 Å². The van der Waals surface area contributed by atoms with E-state index in [1.165, 1.54) is 29.7 Å². The number of aromatic nitrogens is 4. The molecule has 6 nitrogen and oxygen atoms in total. The van der Waals surface area contributed by atoms with Crippen molar-refractivity contribution < 1.29 is 18.0 Å². The van der Waals surface area contributed by atoms with Gasteiger partial charge < -0.3 is 9.30 Å². The summed E-state index contributed by atoms with van der Waals surface area (Å²) in [5, 5.41) is 9.29. The van der Waals surface area contributed by atoms with Gasteiger partial charge >= 0.3 is 6.18 Å². The molecule has 5 rings (SSSR count). The van der Waals surface area contributed by atoms with E-state index >= 15 is 0 Å². The number of nitrogens with one attached hydrogen (secondary N) is 1. The molecule has 1 aliphatic rings. The molecule has 0 fully saturated rings. The van der Waals surface area contributed by atoms with Gasteiger partial charge in [0.2, 0.25) is 0 Å². The topological polar surface area (TPSA) is 66.3 Å². The van der Waals surface area contributed by atoms with E-state index in [4.69, 9.17) is 0 Å². The number of fused-ring (bicyclic) bond motifs is 2. The minimum Gasteiger partial charge on any atom is -0.331 e. The molecule has 0 radical (unpaired) electrons. The summed E-state index contributed by atoms with van der Waals surface area (Å²) in [6, 6.07) is 5.27. The molecule has 1 amide bonds. The van der Waals surface area contributed by atoms with Gasteiger partial charge in [-0.1, -0.05) is 6.07 Å². The molecule has 0 saturated carbocycles. The lowest BCUT2D eigenvalue weighted by Crippen LogP contribution is -2.42. The van der Waals surface area contributed by atoms with E-state index in [0.29, 0.717) is 24.2 Å². The Balaban J connectivity index is 1.51. The molecule has 0 bridgehead atoms. The van der Waals surface area contributed by atoms with Crippen LogP contribution in [0.15, 0.2) is 41.4 Å². The Kier molecular flexibility index (Phi) is 4.21. The van der Waals surface area contributed by atoms with Crippen LogP contribution >= 0.6 is 11.3 Å². The van der Waals surface area contributed by atoms with Crippen molar-refractivity contribution in [3.63, 3.8) is 0 Å². The first-order chi connectivity index (χ1) is 14.3. The minimum absolute atomic E-state index is 0.126. The molecule has 0 spiro atoms. The van der Waals surface area contributed by atoms with Crippen molar-refractivity contribution in [3.05, 3.63) is 63.9 Å². The zero-order chi connectivity index (χ0) is 21.0. The third-order valence-corrected chi connectivity index (χ3v) is 6.00. The smallest absolute Gasteiger partial charge is 0.331 e. The zero-order valence-corrected chi connectivity index (χ0v) is 16.6. The van der Waals surface area contributed by atoms with Crippen molar-refractivity contribution in [3.8, 4) is 11.4 Å². The molecule has 1 aliphatic heterocycles. The highest BCUT2D eigenvalue weighted by Gasteiger charge is 2.35. The fourth-order valence-electron chi connectivity index (χ4n) is 3.93. The number of halogens is 3. The first-order valence-electron chi connectivity index (χ1n) is 9.27. The Morgan fingerprint density at radius 1 is 1.33 bits per heavy atom. The van der Waals surface area contributed by atoms with Gasteiger partial charge in [0, 0.05) is 40.8 Å². The number of thiazole rings is 1. The molecular weight excluding hydrogens is 415 g/mol. The van der Waals surface area contributed by atoms with E-state index in [1.807, 2.05) is 12.3 Å². The van der Waals surface area contributed by atoms with Crippen molar-refractivity contribution >= 4 is 22.8 Å². The first kappa shape index (κ1) is 18.9. The number of carbonyl (C=O) groups is 1. The van der Waals surface area contributed by atoms with Crippen molar-refractivity contribution in [2.45, 2.75) is 32.1 Å². The third kappa shape index (κ3) is 2.98. The highest BCUT2D eigenvalue weighted by Crippen LogP contribution is 2.33. The average molecular weight is 431 g/mol. The van der Waals surface area contributed by atoms with E-state index in [1.54, 1.807) is 16.5 Å². The maximum absolute atomic E-state index is 13.3. The Morgan fingerprint density at radius 2 is 2.17 bits per heavy atom. The number of nitrogens with zero attached hydrogens (tertiary/aromatic N) is 4. The molecule has 4 aromatic rings. The number of carbonyl (C=O) groups excluding carboxylic acids is 1. The normalized spacial score (nSPS) is 16.8. The van der Waals surface area contributed by atoms with E-state index < -0.39 is 11.9 Å². The van der Waals surface area contributed by atoms with Crippen molar-refractivity contribution in [2.75, 3.05) is 0 Å². The summed E-state index contributed by atoms with van der Waals surface area (Å²) in [6.07, 6.45) is -2.66. The van der Waals surface area contributed by atoms with E-state index in [0.717, 1.165) is 27.4 Å². The molecule has 10 heteroatoms. The van der Waals surface area contributed by atoms with Crippen LogP contribution in [-0.2, 0) is 19.1 Å². The summed E-state index contributed by atoms with van der Waals surface area (Å²) in [7, 11) is 0. The predicted molar refractivity (Wildman–Crippen MR) is 105 cm³/mol. The number of alkyl halides is 3. The number of amides is 1. The van der Waals surface area contributed by atoms with Crippen LogP contribution < -0.4 is 0 Å². The molecule has 154 valence electrons. The van der Waals surface area contributed by atoms with Gasteiger partial charge in [-0.05, 0) is 25.1 Å². The highest BCUT2D eigenvalue weighted by molar-refractivity contribution is 7.07. The number of hydrogen-bond donors (Lipinski definition) is 1. The lowest BCUT2D eigenvalue weighted by molar-refractivity contribution is -0.142. The number of rotatable bonds is 2. The van der Waals surface area contributed by atoms with Crippen LogP contribution in [0.5, 0.6) is 0 Å². The van der Waals surface area contributed by atoms with Crippen LogP contribution in [0.3, 0.4) is 0 Å². The molecule has 1 N–H and O–H groups in total. The Morgan fingerprint density at radius 3 is 2.90 bits per heavy atom. The van der Waals surface area contributed by atoms with Crippen LogP contribution in [0.25, 0.3) is 16.9 Å². The van der Waals surface area contributed by atoms with Crippen molar-refractivity contribution in [2.24, 2.45) is 0 Å². The van der Waals surface area contributed by atoms with E-state index in [9.17, 15) is 18.0 Å². The van der Waals surface area contributed by atoms with Crippen LogP contribution in [0.1, 0.15) is 34.2 Å². The van der Waals surface area contributed by atoms with Crippen molar-refractivity contribution in [1.82, 2.24) is 24.5 Å². The predicted octanol–water partition coefficient (Wildman–Crippen LogP) is 4.39. The minimum atomic E-state index is -4.51. The van der Waals surface area contributed by atoms with Crippen LogP contribution in [0.4, 0.5) is 13.2 Å². The third-order valence-electron chi connectivity index (χ3n) is 5.42. The van der Waals surface area contributed by atoms with Gasteiger partial charge in [-0.15, -0.1) is 11.3 Å². The van der Waals surface area contributed by atoms with Crippen molar-refractivity contribution in [1.29, 1.82) is 0 Å². The lowest BCUT2D eigenvalue weighted by atomic mass is 9.98. The number of aromatic amines is 1. The molecule has 5 heterocycles. The number of pyridine rings is 1. The maximum atomic E-state index is 13.3. The number of H-pyrrole nitrogens is 1. The zero-order valence-electron chi connectivity index (χ0n) is 15.8. The van der Waals surface area contributed by atoms with Gasteiger partial charge in [0.1, 0.15) is 17.1 Å². The van der Waals surface area contributed by atoms with E-state index in [2.05, 4.69) is 15.2 Å². The quantitative estimate of drug-likeness (QED) is 0.512. The molecule has 4 aromatic heterocycles. The van der Waals surface area contributed by atoms with Crippen LogP contribution in [-0.4, -0.2) is 36.4 Å². The van der Waals surface area contributed by atoms with Gasteiger partial charge in [-0.25, -0.2) is 4.98 Å². The van der Waals surface area contributed by atoms with Gasteiger partial charge in [0.25, 0.3) is 5.91 Å². The summed E-state index contributed by atoms with van der Waals surface area (Å²) >= 11 is 1.46. The summed E-state index contributed by atoms with van der Waals surface area (Å²) in [6.45, 7) is 2.23. The molecule has 0 aromatic carbocycles. The van der Waals surface area contributed by atoms with Gasteiger partial charge in [-0.3, -0.25) is 9.89 Å². The molecule has 30 heavy (non-hydrogen) atoms. The Labute approximate surface area is 173 Å². The highest BCUT2D eigenvalue weighted by atomic mass is 32.1. The molecule has 0 saturated heterocycles. The first-order valence-corrected chi connectivity index (χ1v) is 10.2. The van der Waals surface area contributed by atoms with Crippen LogP contribution in [0, 0.1) is 0 Å². The second kappa shape index (κ2) is 6.69. The fourth-order valence-corrected chi connectivity index (χ4v) is 4.47. The van der Waals surface area contributed by atoms with Gasteiger partial charge in [0.05, 0.1) is 17.6 Å². The Hall–Kier alpha value is -3.14. The average Bonchev–Trinajstić information content (AvgIpc) is 3.43. The maximum Gasteiger partial charge on any atom is 0.431 e. The largest absolute Gasteiger partial charge is 0.431 e. The standard InChI is InChI=1S/C20H16F3N5OS/c1-11-5-15-14(18(26-25-15)16-9-30-10-24-16)8-27(11)19(29)12-6-13-3-2-4-17(20(21,22)23)28(13)7-12/h2-4,6-7,9-11H,5,8H2,1H3,(H,25,26). The second-order valence-corrected chi connectivity index (χ2v) is 8.04. The van der Waals surface area contributed by atoms with E-state index in [-0.39, 0.29) is 17.5 Å².